The fourth-order valence-electron chi connectivity index (χ4n) is 2.38. The Morgan fingerprint density at radius 2 is 1.80 bits per heavy atom. The van der Waals surface area contributed by atoms with Crippen LogP contribution in [-0.2, 0) is 5.54 Å². The highest BCUT2D eigenvalue weighted by molar-refractivity contribution is 6.32. The minimum absolute atomic E-state index is 0.101. The van der Waals surface area contributed by atoms with Gasteiger partial charge in [-0.25, -0.2) is 4.79 Å². The molecule has 0 unspecified atom stereocenters. The van der Waals surface area contributed by atoms with Crippen molar-refractivity contribution in [3.8, 4) is 11.1 Å². The van der Waals surface area contributed by atoms with Gasteiger partial charge in [-0.2, -0.15) is 0 Å². The SMILES string of the molecule is Cc1ccc(-c2c(Cl)[nH]c(=O)n(C3(C)CC3)c2=O)cc1. The first kappa shape index (κ1) is 13.2. The van der Waals surface area contributed by atoms with Crippen LogP contribution in [0.15, 0.2) is 33.9 Å². The summed E-state index contributed by atoms with van der Waals surface area (Å²) in [5.74, 6) is 0. The Hall–Kier alpha value is -1.81. The van der Waals surface area contributed by atoms with Gasteiger partial charge in [0, 0.05) is 0 Å². The van der Waals surface area contributed by atoms with E-state index in [9.17, 15) is 9.59 Å². The lowest BCUT2D eigenvalue weighted by Gasteiger charge is -2.14. The van der Waals surface area contributed by atoms with Gasteiger partial charge in [0.05, 0.1) is 11.1 Å². The third kappa shape index (κ3) is 2.00. The highest BCUT2D eigenvalue weighted by Gasteiger charge is 2.42. The standard InChI is InChI=1S/C15H15ClN2O2/c1-9-3-5-10(6-4-9)11-12(16)17-14(20)18(13(11)19)15(2)7-8-15/h3-6H,7-8H2,1-2H3,(H,17,20). The van der Waals surface area contributed by atoms with Crippen LogP contribution in [0, 0.1) is 6.92 Å². The molecule has 1 N–H and O–H groups in total. The van der Waals surface area contributed by atoms with Crippen LogP contribution in [0.2, 0.25) is 5.15 Å². The third-order valence-corrected chi connectivity index (χ3v) is 4.19. The number of rotatable bonds is 2. The molecule has 0 spiro atoms. The van der Waals surface area contributed by atoms with E-state index in [4.69, 9.17) is 11.6 Å². The summed E-state index contributed by atoms with van der Waals surface area (Å²) in [6, 6.07) is 7.52. The second-order valence-corrected chi connectivity index (χ2v) is 6.00. The van der Waals surface area contributed by atoms with E-state index < -0.39 is 5.69 Å². The number of hydrogen-bond donors (Lipinski definition) is 1. The van der Waals surface area contributed by atoms with E-state index in [0.717, 1.165) is 24.0 Å². The zero-order valence-electron chi connectivity index (χ0n) is 11.4. The molecule has 20 heavy (non-hydrogen) atoms. The van der Waals surface area contributed by atoms with E-state index in [1.54, 1.807) is 0 Å². The molecule has 1 saturated carbocycles. The van der Waals surface area contributed by atoms with E-state index in [2.05, 4.69) is 4.98 Å². The van der Waals surface area contributed by atoms with Crippen molar-refractivity contribution in [2.45, 2.75) is 32.2 Å². The van der Waals surface area contributed by atoms with E-state index in [0.29, 0.717) is 5.56 Å². The van der Waals surface area contributed by atoms with Crippen LogP contribution in [0.3, 0.4) is 0 Å². The Morgan fingerprint density at radius 1 is 1.20 bits per heavy atom. The smallest absolute Gasteiger partial charge is 0.297 e. The lowest BCUT2D eigenvalue weighted by molar-refractivity contribution is 0.487. The summed E-state index contributed by atoms with van der Waals surface area (Å²) in [6.45, 7) is 3.89. The minimum atomic E-state index is -0.434. The number of aromatic nitrogens is 2. The van der Waals surface area contributed by atoms with Crippen molar-refractivity contribution >= 4 is 11.6 Å². The Bertz CT molecular complexity index is 783. The summed E-state index contributed by atoms with van der Waals surface area (Å²) in [5, 5.41) is 0.101. The highest BCUT2D eigenvalue weighted by atomic mass is 35.5. The maximum Gasteiger partial charge on any atom is 0.330 e. The van der Waals surface area contributed by atoms with Gasteiger partial charge in [0.15, 0.2) is 0 Å². The van der Waals surface area contributed by atoms with Crippen LogP contribution in [0.4, 0.5) is 0 Å². The number of benzene rings is 1. The van der Waals surface area contributed by atoms with Gasteiger partial charge >= 0.3 is 5.69 Å². The monoisotopic (exact) mass is 290 g/mol. The second kappa shape index (κ2) is 4.35. The van der Waals surface area contributed by atoms with Crippen LogP contribution in [0.5, 0.6) is 0 Å². The maximum absolute atomic E-state index is 12.6. The molecular weight excluding hydrogens is 276 g/mol. The molecule has 0 saturated heterocycles. The van der Waals surface area contributed by atoms with Crippen molar-refractivity contribution < 1.29 is 0 Å². The van der Waals surface area contributed by atoms with Gasteiger partial charge in [-0.05, 0) is 32.3 Å². The molecule has 104 valence electrons. The van der Waals surface area contributed by atoms with Crippen LogP contribution in [0.25, 0.3) is 11.1 Å². The van der Waals surface area contributed by atoms with Crippen molar-refractivity contribution in [1.82, 2.24) is 9.55 Å². The first-order valence-corrected chi connectivity index (χ1v) is 6.92. The molecule has 1 aromatic carbocycles. The molecule has 0 atom stereocenters. The second-order valence-electron chi connectivity index (χ2n) is 5.62. The molecule has 0 bridgehead atoms. The summed E-state index contributed by atoms with van der Waals surface area (Å²) in [4.78, 5) is 27.2. The summed E-state index contributed by atoms with van der Waals surface area (Å²) in [6.07, 6.45) is 1.68. The predicted molar refractivity (Wildman–Crippen MR) is 79.4 cm³/mol. The summed E-state index contributed by atoms with van der Waals surface area (Å²) in [5.41, 5.74) is 1.07. The molecule has 1 fully saturated rings. The normalized spacial score (nSPS) is 16.1. The van der Waals surface area contributed by atoms with Crippen molar-refractivity contribution in [2.24, 2.45) is 0 Å². The molecule has 1 aromatic heterocycles. The largest absolute Gasteiger partial charge is 0.330 e. The zero-order chi connectivity index (χ0) is 14.5. The van der Waals surface area contributed by atoms with E-state index in [-0.39, 0.29) is 16.3 Å². The van der Waals surface area contributed by atoms with Gasteiger partial charge in [-0.3, -0.25) is 14.3 Å². The van der Waals surface area contributed by atoms with Gasteiger partial charge in [-0.15, -0.1) is 0 Å². The fraction of sp³-hybridized carbons (Fsp3) is 0.333. The van der Waals surface area contributed by atoms with Crippen LogP contribution in [0.1, 0.15) is 25.3 Å². The number of nitrogens with zero attached hydrogens (tertiary/aromatic N) is 1. The molecule has 0 radical (unpaired) electrons. The predicted octanol–water partition coefficient (Wildman–Crippen LogP) is 2.67. The molecule has 3 rings (SSSR count). The molecule has 5 heteroatoms. The van der Waals surface area contributed by atoms with Crippen molar-refractivity contribution in [1.29, 1.82) is 0 Å². The number of halogens is 1. The molecule has 0 aliphatic heterocycles. The van der Waals surface area contributed by atoms with Crippen molar-refractivity contribution in [3.63, 3.8) is 0 Å². The Labute approximate surface area is 121 Å². The Kier molecular flexibility index (Phi) is 2.87. The van der Waals surface area contributed by atoms with E-state index in [1.807, 2.05) is 38.1 Å². The molecular formula is C15H15ClN2O2. The number of hydrogen-bond acceptors (Lipinski definition) is 2. The van der Waals surface area contributed by atoms with Crippen LogP contribution < -0.4 is 11.2 Å². The summed E-state index contributed by atoms with van der Waals surface area (Å²) < 4.78 is 1.30. The van der Waals surface area contributed by atoms with Crippen LogP contribution >= 0.6 is 11.6 Å². The lowest BCUT2D eigenvalue weighted by Crippen LogP contribution is -2.41. The fourth-order valence-corrected chi connectivity index (χ4v) is 2.65. The molecule has 1 heterocycles. The minimum Gasteiger partial charge on any atom is -0.297 e. The summed E-state index contributed by atoms with van der Waals surface area (Å²) in [7, 11) is 0. The first-order chi connectivity index (χ1) is 9.42. The highest BCUT2D eigenvalue weighted by Crippen LogP contribution is 2.41. The van der Waals surface area contributed by atoms with Crippen molar-refractivity contribution in [2.75, 3.05) is 0 Å². The number of nitrogens with one attached hydrogen (secondary N) is 1. The quantitative estimate of drug-likeness (QED) is 0.865. The Balaban J connectivity index is 2.29. The Morgan fingerprint density at radius 3 is 2.35 bits per heavy atom. The van der Waals surface area contributed by atoms with Gasteiger partial charge in [-0.1, -0.05) is 41.4 Å². The molecule has 1 aliphatic carbocycles. The summed E-state index contributed by atoms with van der Waals surface area (Å²) >= 11 is 6.08. The molecule has 0 amide bonds. The number of aromatic amines is 1. The van der Waals surface area contributed by atoms with Crippen LogP contribution in [-0.4, -0.2) is 9.55 Å². The average molecular weight is 291 g/mol. The van der Waals surface area contributed by atoms with Gasteiger partial charge in [0.1, 0.15) is 5.15 Å². The lowest BCUT2D eigenvalue weighted by atomic mass is 10.1. The molecule has 2 aromatic rings. The van der Waals surface area contributed by atoms with Gasteiger partial charge < -0.3 is 0 Å². The van der Waals surface area contributed by atoms with Crippen molar-refractivity contribution in [3.05, 3.63) is 55.8 Å². The zero-order valence-corrected chi connectivity index (χ0v) is 12.1. The molecule has 1 aliphatic rings. The average Bonchev–Trinajstić information content (AvgIpc) is 3.09. The molecule has 4 nitrogen and oxygen atoms in total. The number of H-pyrrole nitrogens is 1. The topological polar surface area (TPSA) is 54.9 Å². The van der Waals surface area contributed by atoms with Gasteiger partial charge in [0.2, 0.25) is 0 Å². The first-order valence-electron chi connectivity index (χ1n) is 6.55. The van der Waals surface area contributed by atoms with Gasteiger partial charge in [0.25, 0.3) is 5.56 Å². The maximum atomic E-state index is 12.6. The van der Waals surface area contributed by atoms with E-state index >= 15 is 0 Å². The third-order valence-electron chi connectivity index (χ3n) is 3.91. The van der Waals surface area contributed by atoms with E-state index in [1.165, 1.54) is 4.57 Å². The number of aryl methyl sites for hydroxylation is 1.